The summed E-state index contributed by atoms with van der Waals surface area (Å²) < 4.78 is 0. The fraction of sp³-hybridized carbons (Fsp3) is 0.222. The van der Waals surface area contributed by atoms with E-state index in [2.05, 4.69) is 20.4 Å². The number of anilines is 2. The van der Waals surface area contributed by atoms with E-state index in [1.165, 1.54) is 0 Å². The number of thiocarbonyl (C=S) groups is 2. The average molecular weight is 425 g/mol. The predicted molar refractivity (Wildman–Crippen MR) is 118 cm³/mol. The van der Waals surface area contributed by atoms with E-state index in [0.29, 0.717) is 20.3 Å². The van der Waals surface area contributed by atoms with E-state index in [1.807, 2.05) is 48.5 Å². The van der Waals surface area contributed by atoms with Gasteiger partial charge in [-0.05, 0) is 60.8 Å². The van der Waals surface area contributed by atoms with E-state index < -0.39 is 0 Å². The molecule has 8 heteroatoms. The molecule has 2 N–H and O–H groups in total. The molecule has 1 aliphatic heterocycles. The first kappa shape index (κ1) is 19.2. The summed E-state index contributed by atoms with van der Waals surface area (Å²) in [6.07, 6.45) is 0. The molecule has 0 saturated carbocycles. The van der Waals surface area contributed by atoms with Crippen LogP contribution in [-0.2, 0) is 0 Å². The summed E-state index contributed by atoms with van der Waals surface area (Å²) in [7, 11) is 0. The number of hydrogen-bond acceptors (Lipinski definition) is 2. The number of halogens is 2. The van der Waals surface area contributed by atoms with E-state index in [-0.39, 0.29) is 0 Å². The molecule has 136 valence electrons. The van der Waals surface area contributed by atoms with Crippen molar-refractivity contribution in [3.8, 4) is 0 Å². The Morgan fingerprint density at radius 3 is 1.46 bits per heavy atom. The Kier molecular flexibility index (Phi) is 6.53. The van der Waals surface area contributed by atoms with Gasteiger partial charge < -0.3 is 20.4 Å². The van der Waals surface area contributed by atoms with E-state index in [4.69, 9.17) is 47.6 Å². The molecule has 1 saturated heterocycles. The summed E-state index contributed by atoms with van der Waals surface area (Å²) >= 11 is 23.0. The zero-order valence-corrected chi connectivity index (χ0v) is 17.1. The van der Waals surface area contributed by atoms with Crippen LogP contribution in [0.1, 0.15) is 0 Å². The lowest BCUT2D eigenvalue weighted by atomic mass is 10.3. The first-order chi connectivity index (χ1) is 12.5. The number of nitrogens with zero attached hydrogens (tertiary/aromatic N) is 2. The zero-order chi connectivity index (χ0) is 18.5. The van der Waals surface area contributed by atoms with Crippen LogP contribution in [0.15, 0.2) is 48.5 Å². The van der Waals surface area contributed by atoms with Gasteiger partial charge in [0.2, 0.25) is 0 Å². The quantitative estimate of drug-likeness (QED) is 0.678. The maximum atomic E-state index is 6.01. The molecule has 0 aliphatic carbocycles. The van der Waals surface area contributed by atoms with Crippen LogP contribution >= 0.6 is 47.6 Å². The van der Waals surface area contributed by atoms with Gasteiger partial charge in [0.1, 0.15) is 0 Å². The first-order valence-corrected chi connectivity index (χ1v) is 9.71. The minimum Gasteiger partial charge on any atom is -0.345 e. The Labute approximate surface area is 174 Å². The molecule has 1 aliphatic rings. The zero-order valence-electron chi connectivity index (χ0n) is 13.9. The molecule has 0 amide bonds. The minimum absolute atomic E-state index is 0.681. The van der Waals surface area contributed by atoms with Gasteiger partial charge in [0.25, 0.3) is 0 Å². The second-order valence-corrected chi connectivity index (χ2v) is 7.50. The number of piperazine rings is 1. The Morgan fingerprint density at radius 2 is 1.12 bits per heavy atom. The summed E-state index contributed by atoms with van der Waals surface area (Å²) in [5.41, 5.74) is 1.78. The third-order valence-electron chi connectivity index (χ3n) is 4.01. The lowest BCUT2D eigenvalue weighted by Crippen LogP contribution is -2.52. The second-order valence-electron chi connectivity index (χ2n) is 5.86. The third kappa shape index (κ3) is 5.20. The molecule has 0 bridgehead atoms. The first-order valence-electron chi connectivity index (χ1n) is 8.14. The van der Waals surface area contributed by atoms with Crippen LogP contribution in [0.25, 0.3) is 0 Å². The van der Waals surface area contributed by atoms with Crippen LogP contribution < -0.4 is 10.6 Å². The maximum Gasteiger partial charge on any atom is 0.173 e. The summed E-state index contributed by atoms with van der Waals surface area (Å²) in [5.74, 6) is 0. The summed E-state index contributed by atoms with van der Waals surface area (Å²) in [6, 6.07) is 15.1. The van der Waals surface area contributed by atoms with Crippen LogP contribution in [0.2, 0.25) is 10.0 Å². The van der Waals surface area contributed by atoms with Crippen molar-refractivity contribution in [3.05, 3.63) is 58.6 Å². The van der Waals surface area contributed by atoms with Gasteiger partial charge in [-0.1, -0.05) is 35.3 Å². The van der Waals surface area contributed by atoms with Crippen molar-refractivity contribution in [3.63, 3.8) is 0 Å². The SMILES string of the molecule is S=C(Nc1cccc(Cl)c1)N1CCN(C(=S)Nc2cccc(Cl)c2)CC1. The van der Waals surface area contributed by atoms with Gasteiger partial charge in [-0.2, -0.15) is 0 Å². The van der Waals surface area contributed by atoms with Crippen LogP contribution in [0.4, 0.5) is 11.4 Å². The standard InChI is InChI=1S/C18H18Cl2N4S2/c19-13-3-1-5-15(11-13)21-17(25)23-7-9-24(10-8-23)18(26)22-16-6-2-4-14(20)12-16/h1-6,11-12H,7-10H2,(H,21,25)(H,22,26). The predicted octanol–water partition coefficient (Wildman–Crippen LogP) is 4.70. The lowest BCUT2D eigenvalue weighted by Gasteiger charge is -2.37. The third-order valence-corrected chi connectivity index (χ3v) is 5.20. The smallest absolute Gasteiger partial charge is 0.173 e. The van der Waals surface area contributed by atoms with Crippen molar-refractivity contribution in [1.82, 2.24) is 9.80 Å². The topological polar surface area (TPSA) is 30.5 Å². The molecule has 0 aromatic heterocycles. The normalized spacial score (nSPS) is 14.1. The van der Waals surface area contributed by atoms with E-state index >= 15 is 0 Å². The van der Waals surface area contributed by atoms with E-state index in [0.717, 1.165) is 37.6 Å². The number of benzene rings is 2. The highest BCUT2D eigenvalue weighted by molar-refractivity contribution is 7.80. The van der Waals surface area contributed by atoms with Gasteiger partial charge in [0.05, 0.1) is 0 Å². The molecule has 3 rings (SSSR count). The maximum absolute atomic E-state index is 6.01. The molecule has 1 fully saturated rings. The van der Waals surface area contributed by atoms with Crippen molar-refractivity contribution < 1.29 is 0 Å². The van der Waals surface area contributed by atoms with Gasteiger partial charge in [-0.3, -0.25) is 0 Å². The molecule has 2 aromatic rings. The van der Waals surface area contributed by atoms with Crippen molar-refractivity contribution in [2.45, 2.75) is 0 Å². The minimum atomic E-state index is 0.681. The molecule has 0 atom stereocenters. The summed E-state index contributed by atoms with van der Waals surface area (Å²) in [6.45, 7) is 3.18. The van der Waals surface area contributed by atoms with Gasteiger partial charge >= 0.3 is 0 Å². The van der Waals surface area contributed by atoms with Crippen molar-refractivity contribution in [2.24, 2.45) is 0 Å². The second kappa shape index (κ2) is 8.86. The Bertz CT molecular complexity index is 740. The summed E-state index contributed by atoms with van der Waals surface area (Å²) in [4.78, 5) is 4.27. The van der Waals surface area contributed by atoms with Gasteiger partial charge in [-0.15, -0.1) is 0 Å². The van der Waals surface area contributed by atoms with Crippen LogP contribution in [-0.4, -0.2) is 46.2 Å². The average Bonchev–Trinajstić information content (AvgIpc) is 2.62. The molecule has 4 nitrogen and oxygen atoms in total. The van der Waals surface area contributed by atoms with Gasteiger partial charge in [0, 0.05) is 47.6 Å². The largest absolute Gasteiger partial charge is 0.345 e. The molecule has 0 spiro atoms. The van der Waals surface area contributed by atoms with Crippen LogP contribution in [0, 0.1) is 0 Å². The Hall–Kier alpha value is -1.60. The summed E-state index contributed by atoms with van der Waals surface area (Å²) in [5, 5.41) is 9.22. The monoisotopic (exact) mass is 424 g/mol. The van der Waals surface area contributed by atoms with Crippen molar-refractivity contribution in [1.29, 1.82) is 0 Å². The molecule has 26 heavy (non-hydrogen) atoms. The fourth-order valence-electron chi connectivity index (χ4n) is 2.65. The highest BCUT2D eigenvalue weighted by Crippen LogP contribution is 2.17. The lowest BCUT2D eigenvalue weighted by molar-refractivity contribution is 0.264. The fourth-order valence-corrected chi connectivity index (χ4v) is 3.63. The number of rotatable bonds is 2. The highest BCUT2D eigenvalue weighted by atomic mass is 35.5. The molecule has 2 aromatic carbocycles. The molecular weight excluding hydrogens is 407 g/mol. The van der Waals surface area contributed by atoms with Crippen molar-refractivity contribution in [2.75, 3.05) is 36.8 Å². The highest BCUT2D eigenvalue weighted by Gasteiger charge is 2.20. The van der Waals surface area contributed by atoms with Gasteiger partial charge in [0.15, 0.2) is 10.2 Å². The van der Waals surface area contributed by atoms with Crippen molar-refractivity contribution >= 4 is 69.2 Å². The van der Waals surface area contributed by atoms with Crippen LogP contribution in [0.3, 0.4) is 0 Å². The van der Waals surface area contributed by atoms with E-state index in [1.54, 1.807) is 0 Å². The van der Waals surface area contributed by atoms with Gasteiger partial charge in [-0.25, -0.2) is 0 Å². The molecular formula is C18H18Cl2N4S2. The molecule has 1 heterocycles. The molecule has 0 unspecified atom stereocenters. The number of hydrogen-bond donors (Lipinski definition) is 2. The van der Waals surface area contributed by atoms with E-state index in [9.17, 15) is 0 Å². The number of nitrogens with one attached hydrogen (secondary N) is 2. The van der Waals surface area contributed by atoms with Crippen LogP contribution in [0.5, 0.6) is 0 Å². The molecule has 0 radical (unpaired) electrons. The Balaban J connectivity index is 1.50. The Morgan fingerprint density at radius 1 is 0.731 bits per heavy atom.